The molecule has 2 rings (SSSR count). The van der Waals surface area contributed by atoms with Crippen LogP contribution in [0.3, 0.4) is 0 Å². The predicted octanol–water partition coefficient (Wildman–Crippen LogP) is 1.29. The Labute approximate surface area is 101 Å². The van der Waals surface area contributed by atoms with Crippen LogP contribution in [0.2, 0.25) is 0 Å². The van der Waals surface area contributed by atoms with Crippen molar-refractivity contribution in [1.29, 1.82) is 0 Å². The summed E-state index contributed by atoms with van der Waals surface area (Å²) in [5, 5.41) is 0. The molecule has 0 bridgehead atoms. The van der Waals surface area contributed by atoms with Crippen molar-refractivity contribution < 1.29 is 9.13 Å². The van der Waals surface area contributed by atoms with Crippen LogP contribution in [0.15, 0.2) is 12.3 Å². The van der Waals surface area contributed by atoms with Crippen LogP contribution >= 0.6 is 0 Å². The minimum Gasteiger partial charge on any atom is -0.376 e. The summed E-state index contributed by atoms with van der Waals surface area (Å²) >= 11 is 0. The third-order valence-electron chi connectivity index (χ3n) is 2.99. The number of hydrogen-bond donors (Lipinski definition) is 1. The quantitative estimate of drug-likeness (QED) is 0.860. The molecule has 1 aromatic rings. The molecule has 17 heavy (non-hydrogen) atoms. The summed E-state index contributed by atoms with van der Waals surface area (Å²) in [6.45, 7) is 1.89. The molecule has 1 aromatic heterocycles. The smallest absolute Gasteiger partial charge is 0.141 e. The van der Waals surface area contributed by atoms with E-state index in [4.69, 9.17) is 10.5 Å². The molecule has 0 saturated carbocycles. The molecular formula is C12H18FN3O. The standard InChI is InChI=1S/C12H18FN3O/c1-16(8-11-3-2-4-17-11)12-9(6-14)5-10(13)7-15-12/h5,7,11H,2-4,6,8,14H2,1H3. The summed E-state index contributed by atoms with van der Waals surface area (Å²) in [5.41, 5.74) is 6.33. The lowest BCUT2D eigenvalue weighted by molar-refractivity contribution is 0.116. The van der Waals surface area contributed by atoms with Gasteiger partial charge in [0.15, 0.2) is 0 Å². The maximum absolute atomic E-state index is 13.0. The van der Waals surface area contributed by atoms with Gasteiger partial charge in [0.25, 0.3) is 0 Å². The summed E-state index contributed by atoms with van der Waals surface area (Å²) in [6, 6.07) is 1.44. The molecule has 1 saturated heterocycles. The lowest BCUT2D eigenvalue weighted by atomic mass is 10.2. The molecule has 4 nitrogen and oxygen atoms in total. The maximum atomic E-state index is 13.0. The highest BCUT2D eigenvalue weighted by atomic mass is 19.1. The van der Waals surface area contributed by atoms with E-state index in [0.29, 0.717) is 0 Å². The highest BCUT2D eigenvalue weighted by molar-refractivity contribution is 5.46. The number of ether oxygens (including phenoxy) is 1. The fourth-order valence-corrected chi connectivity index (χ4v) is 2.15. The topological polar surface area (TPSA) is 51.4 Å². The first-order valence-corrected chi connectivity index (χ1v) is 5.88. The number of likely N-dealkylation sites (N-methyl/N-ethyl adjacent to an activating group) is 1. The highest BCUT2D eigenvalue weighted by Crippen LogP contribution is 2.20. The van der Waals surface area contributed by atoms with Gasteiger partial charge >= 0.3 is 0 Å². The minimum atomic E-state index is -0.347. The van der Waals surface area contributed by atoms with Gasteiger partial charge < -0.3 is 15.4 Å². The van der Waals surface area contributed by atoms with Crippen LogP contribution in [0.4, 0.5) is 10.2 Å². The Balaban J connectivity index is 2.09. The van der Waals surface area contributed by atoms with E-state index in [1.165, 1.54) is 12.3 Å². The molecule has 0 aliphatic carbocycles. The number of pyridine rings is 1. The van der Waals surface area contributed by atoms with Crippen LogP contribution in [-0.2, 0) is 11.3 Å². The fraction of sp³-hybridized carbons (Fsp3) is 0.583. The lowest BCUT2D eigenvalue weighted by Crippen LogP contribution is -2.30. The van der Waals surface area contributed by atoms with Gasteiger partial charge in [-0.25, -0.2) is 9.37 Å². The van der Waals surface area contributed by atoms with E-state index in [0.717, 1.165) is 37.4 Å². The first-order chi connectivity index (χ1) is 8.20. The Bertz CT molecular complexity index is 380. The molecule has 0 radical (unpaired) electrons. The van der Waals surface area contributed by atoms with Gasteiger partial charge in [-0.3, -0.25) is 0 Å². The molecule has 0 amide bonds. The molecule has 1 aliphatic heterocycles. The number of halogens is 1. The second kappa shape index (κ2) is 5.42. The van der Waals surface area contributed by atoms with Crippen molar-refractivity contribution in [2.75, 3.05) is 25.1 Å². The summed E-state index contributed by atoms with van der Waals surface area (Å²) < 4.78 is 18.6. The normalized spacial score (nSPS) is 19.6. The molecule has 0 spiro atoms. The van der Waals surface area contributed by atoms with E-state index in [2.05, 4.69) is 4.98 Å². The van der Waals surface area contributed by atoms with Gasteiger partial charge in [-0.15, -0.1) is 0 Å². The molecular weight excluding hydrogens is 221 g/mol. The van der Waals surface area contributed by atoms with E-state index >= 15 is 0 Å². The van der Waals surface area contributed by atoms with Gasteiger partial charge in [0, 0.05) is 32.3 Å². The number of nitrogens with zero attached hydrogens (tertiary/aromatic N) is 2. The van der Waals surface area contributed by atoms with E-state index < -0.39 is 0 Å². The van der Waals surface area contributed by atoms with E-state index in [-0.39, 0.29) is 18.5 Å². The van der Waals surface area contributed by atoms with Crippen LogP contribution in [0.1, 0.15) is 18.4 Å². The fourth-order valence-electron chi connectivity index (χ4n) is 2.15. The zero-order valence-electron chi connectivity index (χ0n) is 10.0. The average Bonchev–Trinajstić information content (AvgIpc) is 2.81. The van der Waals surface area contributed by atoms with Crippen molar-refractivity contribution in [3.63, 3.8) is 0 Å². The number of aromatic nitrogens is 1. The Morgan fingerprint density at radius 3 is 3.12 bits per heavy atom. The van der Waals surface area contributed by atoms with Gasteiger partial charge in [0.1, 0.15) is 11.6 Å². The number of nitrogens with two attached hydrogens (primary N) is 1. The number of rotatable bonds is 4. The van der Waals surface area contributed by atoms with Crippen LogP contribution in [0.5, 0.6) is 0 Å². The van der Waals surface area contributed by atoms with Crippen molar-refractivity contribution in [2.24, 2.45) is 5.73 Å². The second-order valence-corrected chi connectivity index (χ2v) is 4.36. The minimum absolute atomic E-state index is 0.248. The number of hydrogen-bond acceptors (Lipinski definition) is 4. The Hall–Kier alpha value is -1.20. The van der Waals surface area contributed by atoms with Crippen LogP contribution in [0, 0.1) is 5.82 Å². The zero-order chi connectivity index (χ0) is 12.3. The van der Waals surface area contributed by atoms with Gasteiger partial charge in [-0.05, 0) is 18.9 Å². The predicted molar refractivity (Wildman–Crippen MR) is 64.3 cm³/mol. The van der Waals surface area contributed by atoms with Crippen molar-refractivity contribution in [3.8, 4) is 0 Å². The SMILES string of the molecule is CN(CC1CCCO1)c1ncc(F)cc1CN. The largest absolute Gasteiger partial charge is 0.376 e. The maximum Gasteiger partial charge on any atom is 0.141 e. The lowest BCUT2D eigenvalue weighted by Gasteiger charge is -2.23. The third-order valence-corrected chi connectivity index (χ3v) is 2.99. The van der Waals surface area contributed by atoms with Crippen LogP contribution in [0.25, 0.3) is 0 Å². The average molecular weight is 239 g/mol. The van der Waals surface area contributed by atoms with Gasteiger partial charge in [0.05, 0.1) is 12.3 Å². The molecule has 1 unspecified atom stereocenters. The van der Waals surface area contributed by atoms with Crippen molar-refractivity contribution in [2.45, 2.75) is 25.5 Å². The zero-order valence-corrected chi connectivity index (χ0v) is 10.0. The molecule has 1 fully saturated rings. The number of anilines is 1. The molecule has 1 aliphatic rings. The van der Waals surface area contributed by atoms with Gasteiger partial charge in [0.2, 0.25) is 0 Å². The highest BCUT2D eigenvalue weighted by Gasteiger charge is 2.19. The van der Waals surface area contributed by atoms with Gasteiger partial charge in [-0.1, -0.05) is 0 Å². The van der Waals surface area contributed by atoms with E-state index in [1.54, 1.807) is 0 Å². The molecule has 0 aromatic carbocycles. The van der Waals surface area contributed by atoms with E-state index in [1.807, 2.05) is 11.9 Å². The molecule has 94 valence electrons. The molecule has 2 heterocycles. The first-order valence-electron chi connectivity index (χ1n) is 5.88. The van der Waals surface area contributed by atoms with Crippen molar-refractivity contribution >= 4 is 5.82 Å². The van der Waals surface area contributed by atoms with Gasteiger partial charge in [-0.2, -0.15) is 0 Å². The van der Waals surface area contributed by atoms with E-state index in [9.17, 15) is 4.39 Å². The summed E-state index contributed by atoms with van der Waals surface area (Å²) in [7, 11) is 1.93. The first kappa shape index (κ1) is 12.3. The van der Waals surface area contributed by atoms with Crippen molar-refractivity contribution in [3.05, 3.63) is 23.6 Å². The molecule has 1 atom stereocenters. The summed E-state index contributed by atoms with van der Waals surface area (Å²) in [6.07, 6.45) is 3.65. The van der Waals surface area contributed by atoms with Crippen LogP contribution in [-0.4, -0.2) is 31.3 Å². The molecule has 5 heteroatoms. The monoisotopic (exact) mass is 239 g/mol. The van der Waals surface area contributed by atoms with Crippen molar-refractivity contribution in [1.82, 2.24) is 4.98 Å². The Morgan fingerprint density at radius 1 is 1.65 bits per heavy atom. The molecule has 2 N–H and O–H groups in total. The Morgan fingerprint density at radius 2 is 2.47 bits per heavy atom. The Kier molecular flexibility index (Phi) is 3.91. The summed E-state index contributed by atoms with van der Waals surface area (Å²) in [5.74, 6) is 0.393. The third kappa shape index (κ3) is 2.92. The van der Waals surface area contributed by atoms with Crippen LogP contribution < -0.4 is 10.6 Å². The summed E-state index contributed by atoms with van der Waals surface area (Å²) in [4.78, 5) is 6.09. The second-order valence-electron chi connectivity index (χ2n) is 4.36.